The van der Waals surface area contributed by atoms with Crippen molar-refractivity contribution in [3.8, 4) is 11.1 Å². The summed E-state index contributed by atoms with van der Waals surface area (Å²) in [7, 11) is -10.7. The van der Waals surface area contributed by atoms with E-state index in [0.29, 0.717) is 28.4 Å². The minimum Gasteiger partial charge on any atom is -0.351 e. The topological polar surface area (TPSA) is 174 Å². The molecule has 1 amide bonds. The first kappa shape index (κ1) is 31.1. The fraction of sp³-hybridized carbons (Fsp3) is 0.194. The average Bonchev–Trinajstić information content (AvgIpc) is 3.46. The van der Waals surface area contributed by atoms with E-state index in [2.05, 4.69) is 10.3 Å². The van der Waals surface area contributed by atoms with Crippen molar-refractivity contribution in [2.75, 3.05) is 13.1 Å². The van der Waals surface area contributed by atoms with Crippen molar-refractivity contribution in [2.45, 2.75) is 40.5 Å². The molecule has 1 atom stereocenters. The Morgan fingerprint density at radius 1 is 0.800 bits per heavy atom. The second kappa shape index (κ2) is 12.1. The maximum Gasteiger partial charge on any atom is 0.295 e. The summed E-state index contributed by atoms with van der Waals surface area (Å²) in [6, 6.07) is 20.9. The summed E-state index contributed by atoms with van der Waals surface area (Å²) in [6.07, 6.45) is 3.27. The van der Waals surface area contributed by atoms with Crippen molar-refractivity contribution >= 4 is 58.8 Å². The second-order valence-corrected chi connectivity index (χ2v) is 15.2. The van der Waals surface area contributed by atoms with Crippen LogP contribution in [-0.4, -0.2) is 58.4 Å². The molecule has 4 N–H and O–H groups in total. The van der Waals surface area contributed by atoms with Gasteiger partial charge in [-0.05, 0) is 83.4 Å². The van der Waals surface area contributed by atoms with Gasteiger partial charge >= 0.3 is 0 Å². The Morgan fingerprint density at radius 2 is 1.49 bits per heavy atom. The van der Waals surface area contributed by atoms with Crippen LogP contribution in [0.15, 0.2) is 93.5 Å². The summed E-state index contributed by atoms with van der Waals surface area (Å²) in [5.74, 6) is -0.313. The monoisotopic (exact) mass is 667 g/mol. The summed E-state index contributed by atoms with van der Waals surface area (Å²) < 4.78 is 81.5. The third-order valence-electron chi connectivity index (χ3n) is 7.79. The molecule has 1 fully saturated rings. The molecule has 6 rings (SSSR count). The zero-order valence-corrected chi connectivity index (χ0v) is 26.2. The Hall–Kier alpha value is -3.92. The highest BCUT2D eigenvalue weighted by Crippen LogP contribution is 2.33. The number of rotatable bonds is 8. The number of nitrogens with zero attached hydrogens (tertiary/aromatic N) is 1. The normalized spacial score (nSPS) is 15.3. The molecule has 1 unspecified atom stereocenters. The van der Waals surface area contributed by atoms with Gasteiger partial charge in [0.25, 0.3) is 26.1 Å². The van der Waals surface area contributed by atoms with Crippen molar-refractivity contribution in [1.29, 1.82) is 0 Å². The van der Waals surface area contributed by atoms with E-state index in [9.17, 15) is 34.9 Å². The van der Waals surface area contributed by atoms with Crippen LogP contribution in [-0.2, 0) is 37.8 Å². The van der Waals surface area contributed by atoms with Gasteiger partial charge in [-0.3, -0.25) is 13.9 Å². The summed E-state index contributed by atoms with van der Waals surface area (Å²) in [5, 5.41) is 3.87. The number of fused-ring (bicyclic) bond motifs is 2. The Labute approximate surface area is 262 Å². The summed E-state index contributed by atoms with van der Waals surface area (Å²) in [5.41, 5.74) is 3.16. The first-order valence-electron chi connectivity index (χ1n) is 14.1. The highest BCUT2D eigenvalue weighted by molar-refractivity contribution is 7.86. The van der Waals surface area contributed by atoms with Crippen molar-refractivity contribution in [2.24, 2.45) is 0 Å². The minimum absolute atomic E-state index is 0.0717. The highest BCUT2D eigenvalue weighted by atomic mass is 32.2. The molecule has 5 aromatic rings. The SMILES string of the molecule is O=C(NCc1ccc(S(=O)N2CCCCC2)cc1)c1cc2cc(-c3ccc4cc(S(=O)(=O)O)cc(S(=O)(=O)O)c4c3)ccc2[nH]1. The first-order valence-corrected chi connectivity index (χ1v) is 18.1. The Kier molecular flexibility index (Phi) is 8.37. The lowest BCUT2D eigenvalue weighted by Crippen LogP contribution is -2.31. The summed E-state index contributed by atoms with van der Waals surface area (Å²) in [6.45, 7) is 1.94. The number of hydrogen-bond donors (Lipinski definition) is 4. The van der Waals surface area contributed by atoms with Gasteiger partial charge in [0.1, 0.15) is 21.6 Å². The van der Waals surface area contributed by atoms with E-state index >= 15 is 0 Å². The quantitative estimate of drug-likeness (QED) is 0.169. The Balaban J connectivity index is 1.20. The van der Waals surface area contributed by atoms with Gasteiger partial charge < -0.3 is 10.3 Å². The lowest BCUT2D eigenvalue weighted by Gasteiger charge is -2.25. The highest BCUT2D eigenvalue weighted by Gasteiger charge is 2.21. The molecule has 1 aliphatic rings. The van der Waals surface area contributed by atoms with Gasteiger partial charge in [0, 0.05) is 35.9 Å². The summed E-state index contributed by atoms with van der Waals surface area (Å²) in [4.78, 5) is 15.5. The third-order valence-corrected chi connectivity index (χ3v) is 11.0. The van der Waals surface area contributed by atoms with Crippen molar-refractivity contribution in [3.63, 3.8) is 0 Å². The van der Waals surface area contributed by atoms with E-state index in [1.165, 1.54) is 18.6 Å². The van der Waals surface area contributed by atoms with Crippen LogP contribution in [0.2, 0.25) is 0 Å². The van der Waals surface area contributed by atoms with Crippen LogP contribution >= 0.6 is 0 Å². The van der Waals surface area contributed by atoms with Crippen LogP contribution in [0.3, 0.4) is 0 Å². The number of hydrogen-bond acceptors (Lipinski definition) is 6. The van der Waals surface area contributed by atoms with Gasteiger partial charge in [0.15, 0.2) is 0 Å². The molecular weight excluding hydrogens is 639 g/mol. The third kappa shape index (κ3) is 6.71. The number of aromatic nitrogens is 1. The molecule has 14 heteroatoms. The van der Waals surface area contributed by atoms with E-state index in [4.69, 9.17) is 0 Å². The molecular formula is C31H29N3O8S3. The number of H-pyrrole nitrogens is 1. The Bertz CT molecular complexity index is 2190. The van der Waals surface area contributed by atoms with E-state index in [1.54, 1.807) is 24.3 Å². The van der Waals surface area contributed by atoms with Crippen molar-refractivity contribution in [3.05, 3.63) is 90.1 Å². The lowest BCUT2D eigenvalue weighted by molar-refractivity contribution is 0.0946. The van der Waals surface area contributed by atoms with Crippen LogP contribution in [0, 0.1) is 0 Å². The number of carbonyl (C=O) groups excluding carboxylic acids is 1. The number of piperidine rings is 1. The van der Waals surface area contributed by atoms with Gasteiger partial charge in [0.2, 0.25) is 0 Å². The van der Waals surface area contributed by atoms with Crippen LogP contribution < -0.4 is 5.32 Å². The van der Waals surface area contributed by atoms with Crippen LogP contribution in [0.1, 0.15) is 35.3 Å². The summed E-state index contributed by atoms with van der Waals surface area (Å²) >= 11 is 0. The number of aromatic amines is 1. The van der Waals surface area contributed by atoms with E-state index in [1.807, 2.05) is 34.6 Å². The first-order chi connectivity index (χ1) is 21.4. The van der Waals surface area contributed by atoms with Crippen molar-refractivity contribution in [1.82, 2.24) is 14.6 Å². The van der Waals surface area contributed by atoms with Gasteiger partial charge in [-0.2, -0.15) is 16.8 Å². The molecule has 0 radical (unpaired) electrons. The molecule has 0 spiro atoms. The zero-order valence-electron chi connectivity index (χ0n) is 23.8. The molecule has 1 aliphatic heterocycles. The molecule has 4 aromatic carbocycles. The fourth-order valence-electron chi connectivity index (χ4n) is 5.45. The predicted molar refractivity (Wildman–Crippen MR) is 170 cm³/mol. The van der Waals surface area contributed by atoms with Crippen molar-refractivity contribution < 1.29 is 34.9 Å². The molecule has 234 valence electrons. The Morgan fingerprint density at radius 3 is 2.18 bits per heavy atom. The largest absolute Gasteiger partial charge is 0.351 e. The average molecular weight is 668 g/mol. The molecule has 45 heavy (non-hydrogen) atoms. The number of carbonyl (C=O) groups is 1. The number of nitrogens with one attached hydrogen (secondary N) is 2. The van der Waals surface area contributed by atoms with Gasteiger partial charge in [0.05, 0.1) is 9.79 Å². The molecule has 11 nitrogen and oxygen atoms in total. The molecule has 0 saturated carbocycles. The zero-order chi connectivity index (χ0) is 31.9. The van der Waals surface area contributed by atoms with Crippen LogP contribution in [0.25, 0.3) is 32.8 Å². The molecule has 1 aromatic heterocycles. The van der Waals surface area contributed by atoms with Gasteiger partial charge in [-0.25, -0.2) is 8.51 Å². The van der Waals surface area contributed by atoms with Crippen LogP contribution in [0.5, 0.6) is 0 Å². The van der Waals surface area contributed by atoms with E-state index < -0.39 is 41.0 Å². The smallest absolute Gasteiger partial charge is 0.295 e. The number of benzene rings is 4. The van der Waals surface area contributed by atoms with E-state index in [-0.39, 0.29) is 23.2 Å². The standard InChI is InChI=1S/C31H29N3O8S3/c35-31(32-19-20-4-9-25(10-5-20)43(36)34-12-2-1-3-13-34)29-17-24-14-21(8-11-28(24)33-29)22-6-7-23-15-26(44(37,38)39)18-30(27(23)16-22)45(40,41)42/h4-11,14-18,33H,1-3,12-13,19H2,(H,32,35)(H,37,38,39)(H,40,41,42). The number of amides is 1. The lowest BCUT2D eigenvalue weighted by atomic mass is 10.00. The molecule has 1 saturated heterocycles. The molecule has 0 aliphatic carbocycles. The minimum atomic E-state index is -4.83. The van der Waals surface area contributed by atoms with Gasteiger partial charge in [-0.15, -0.1) is 0 Å². The molecule has 0 bridgehead atoms. The predicted octanol–water partition coefficient (Wildman–Crippen LogP) is 4.92. The maximum atomic E-state index is 13.0. The maximum absolute atomic E-state index is 13.0. The molecule has 2 heterocycles. The van der Waals surface area contributed by atoms with Gasteiger partial charge in [-0.1, -0.05) is 36.8 Å². The van der Waals surface area contributed by atoms with Crippen LogP contribution in [0.4, 0.5) is 0 Å². The fourth-order valence-corrected chi connectivity index (χ4v) is 8.06. The van der Waals surface area contributed by atoms with E-state index in [0.717, 1.165) is 47.8 Å². The second-order valence-electron chi connectivity index (χ2n) is 10.9.